The van der Waals surface area contributed by atoms with Crippen LogP contribution in [0.5, 0.6) is 11.6 Å². The number of aryl methyl sites for hydroxylation is 1. The number of unbranched alkanes of at least 4 members (excludes halogenated alkanes) is 1. The fourth-order valence-electron chi connectivity index (χ4n) is 3.63. The lowest BCUT2D eigenvalue weighted by atomic mass is 10.1. The lowest BCUT2D eigenvalue weighted by Gasteiger charge is -2.29. The highest BCUT2D eigenvalue weighted by Crippen LogP contribution is 2.32. The van der Waals surface area contributed by atoms with E-state index in [1.54, 1.807) is 0 Å². The second-order valence-corrected chi connectivity index (χ2v) is 8.35. The normalized spacial score (nSPS) is 12.5. The number of hydrogen-bond acceptors (Lipinski definition) is 4. The summed E-state index contributed by atoms with van der Waals surface area (Å²) in [4.78, 5) is 2.30. The molecule has 1 heterocycles. The molecule has 166 valence electrons. The Morgan fingerprint density at radius 3 is 2.29 bits per heavy atom. The Morgan fingerprint density at radius 1 is 1.03 bits per heavy atom. The zero-order valence-electron chi connectivity index (χ0n) is 19.2. The molecule has 3 aromatic rings. The number of nitrogens with zero attached hydrogens (tertiary/aromatic N) is 3. The number of hydrogen-bond donors (Lipinski definition) is 1. The Kier molecular flexibility index (Phi) is 8.27. The van der Waals surface area contributed by atoms with Crippen molar-refractivity contribution in [1.29, 1.82) is 0 Å². The largest absolute Gasteiger partial charge is 0.439 e. The van der Waals surface area contributed by atoms with E-state index in [0.717, 1.165) is 47.8 Å². The Balaban J connectivity index is 1.95. The zero-order chi connectivity index (χ0) is 22.2. The highest BCUT2D eigenvalue weighted by molar-refractivity contribution is 5.43. The summed E-state index contributed by atoms with van der Waals surface area (Å²) in [7, 11) is 0. The minimum atomic E-state index is -0.328. The second kappa shape index (κ2) is 11.1. The van der Waals surface area contributed by atoms with E-state index in [1.165, 1.54) is 0 Å². The van der Waals surface area contributed by atoms with Gasteiger partial charge in [0.25, 0.3) is 0 Å². The topological polar surface area (TPSA) is 50.5 Å². The van der Waals surface area contributed by atoms with Crippen molar-refractivity contribution >= 4 is 0 Å². The molecule has 5 heteroatoms. The lowest BCUT2D eigenvalue weighted by Crippen LogP contribution is -2.37. The first kappa shape index (κ1) is 23.0. The summed E-state index contributed by atoms with van der Waals surface area (Å²) < 4.78 is 8.26. The molecule has 0 aliphatic rings. The number of aliphatic hydroxyl groups excluding tert-OH is 1. The van der Waals surface area contributed by atoms with Gasteiger partial charge in [-0.3, -0.25) is 4.90 Å². The molecular formula is C26H35N3O2. The van der Waals surface area contributed by atoms with Crippen LogP contribution in [0.25, 0.3) is 5.69 Å². The molecule has 0 saturated heterocycles. The highest BCUT2D eigenvalue weighted by atomic mass is 16.5. The monoisotopic (exact) mass is 421 g/mol. The molecule has 1 N–H and O–H groups in total. The average molecular weight is 422 g/mol. The van der Waals surface area contributed by atoms with Crippen LogP contribution in [0.4, 0.5) is 0 Å². The smallest absolute Gasteiger partial charge is 0.227 e. The van der Waals surface area contributed by atoms with Gasteiger partial charge in [-0.2, -0.15) is 5.10 Å². The standard InChI is InChI=1S/C26H35N3O2/c1-5-6-15-23(30)18-28(20(2)3)19-25-21(4)27-29(22-13-9-7-10-14-22)26(25)31-24-16-11-8-12-17-24/h7-14,16-17,20,23,30H,5-6,15,18-19H2,1-4H3/t23-/m1/s1. The van der Waals surface area contributed by atoms with Crippen LogP contribution in [0, 0.1) is 6.92 Å². The van der Waals surface area contributed by atoms with Gasteiger partial charge in [-0.05, 0) is 51.5 Å². The molecule has 0 saturated carbocycles. The number of ether oxygens (including phenoxy) is 1. The maximum Gasteiger partial charge on any atom is 0.227 e. The van der Waals surface area contributed by atoms with Gasteiger partial charge in [0.05, 0.1) is 23.0 Å². The summed E-state index contributed by atoms with van der Waals surface area (Å²) in [6.45, 7) is 9.82. The Hall–Kier alpha value is -2.63. The molecule has 1 atom stereocenters. The van der Waals surface area contributed by atoms with E-state index in [-0.39, 0.29) is 6.10 Å². The van der Waals surface area contributed by atoms with Gasteiger partial charge >= 0.3 is 0 Å². The van der Waals surface area contributed by atoms with Crippen molar-refractivity contribution < 1.29 is 9.84 Å². The van der Waals surface area contributed by atoms with E-state index in [2.05, 4.69) is 25.7 Å². The Labute approximate surface area is 186 Å². The second-order valence-electron chi connectivity index (χ2n) is 8.35. The molecule has 31 heavy (non-hydrogen) atoms. The van der Waals surface area contributed by atoms with Crippen LogP contribution in [0.2, 0.25) is 0 Å². The van der Waals surface area contributed by atoms with Crippen LogP contribution >= 0.6 is 0 Å². The van der Waals surface area contributed by atoms with E-state index < -0.39 is 0 Å². The third kappa shape index (κ3) is 6.18. The molecule has 0 aliphatic carbocycles. The van der Waals surface area contributed by atoms with Gasteiger partial charge in [-0.25, -0.2) is 4.68 Å². The van der Waals surface area contributed by atoms with Gasteiger partial charge in [0, 0.05) is 19.1 Å². The third-order valence-corrected chi connectivity index (χ3v) is 5.52. The number of aromatic nitrogens is 2. The van der Waals surface area contributed by atoms with Gasteiger partial charge in [0.1, 0.15) is 5.75 Å². The first-order valence-electron chi connectivity index (χ1n) is 11.3. The molecule has 0 amide bonds. The maximum atomic E-state index is 10.5. The Morgan fingerprint density at radius 2 is 1.68 bits per heavy atom. The van der Waals surface area contributed by atoms with E-state index in [1.807, 2.05) is 72.3 Å². The summed E-state index contributed by atoms with van der Waals surface area (Å²) in [6, 6.07) is 20.2. The molecule has 0 spiro atoms. The Bertz CT molecular complexity index is 923. The molecule has 0 bridgehead atoms. The van der Waals surface area contributed by atoms with Crippen molar-refractivity contribution in [2.45, 2.75) is 65.6 Å². The molecule has 0 aliphatic heterocycles. The fourth-order valence-corrected chi connectivity index (χ4v) is 3.63. The number of para-hydroxylation sites is 2. The van der Waals surface area contributed by atoms with Gasteiger partial charge in [0.2, 0.25) is 5.88 Å². The fraction of sp³-hybridized carbons (Fsp3) is 0.423. The van der Waals surface area contributed by atoms with Crippen molar-refractivity contribution in [3.63, 3.8) is 0 Å². The summed E-state index contributed by atoms with van der Waals surface area (Å²) in [5.41, 5.74) is 2.94. The van der Waals surface area contributed by atoms with E-state index >= 15 is 0 Å². The first-order valence-corrected chi connectivity index (χ1v) is 11.3. The van der Waals surface area contributed by atoms with Gasteiger partial charge < -0.3 is 9.84 Å². The molecule has 0 fully saturated rings. The van der Waals surface area contributed by atoms with E-state index in [4.69, 9.17) is 9.84 Å². The van der Waals surface area contributed by atoms with E-state index in [0.29, 0.717) is 19.1 Å². The molecule has 3 rings (SSSR count). The van der Waals surface area contributed by atoms with E-state index in [9.17, 15) is 5.11 Å². The van der Waals surface area contributed by atoms with Crippen LogP contribution in [0.3, 0.4) is 0 Å². The SMILES string of the molecule is CCCC[C@@H](O)CN(Cc1c(C)nn(-c2ccccc2)c1Oc1ccccc1)C(C)C. The number of aliphatic hydroxyl groups is 1. The highest BCUT2D eigenvalue weighted by Gasteiger charge is 2.23. The van der Waals surface area contributed by atoms with Crippen LogP contribution in [-0.2, 0) is 6.54 Å². The molecule has 2 aromatic carbocycles. The van der Waals surface area contributed by atoms with Crippen molar-refractivity contribution in [2.75, 3.05) is 6.54 Å². The minimum Gasteiger partial charge on any atom is -0.439 e. The number of rotatable bonds is 11. The van der Waals surface area contributed by atoms with Gasteiger partial charge in [-0.15, -0.1) is 0 Å². The zero-order valence-corrected chi connectivity index (χ0v) is 19.2. The van der Waals surface area contributed by atoms with Crippen LogP contribution in [-0.4, -0.2) is 38.5 Å². The molecule has 1 aromatic heterocycles. The molecule has 0 radical (unpaired) electrons. The number of benzene rings is 2. The summed E-state index contributed by atoms with van der Waals surface area (Å²) >= 11 is 0. The summed E-state index contributed by atoms with van der Waals surface area (Å²) in [5, 5.41) is 15.4. The van der Waals surface area contributed by atoms with Crippen LogP contribution in [0.15, 0.2) is 60.7 Å². The quantitative estimate of drug-likeness (QED) is 0.429. The van der Waals surface area contributed by atoms with Crippen molar-refractivity contribution in [3.8, 4) is 17.3 Å². The van der Waals surface area contributed by atoms with Crippen LogP contribution < -0.4 is 4.74 Å². The van der Waals surface area contributed by atoms with Crippen molar-refractivity contribution in [3.05, 3.63) is 71.9 Å². The minimum absolute atomic E-state index is 0.292. The first-order chi connectivity index (χ1) is 15.0. The summed E-state index contributed by atoms with van der Waals surface area (Å²) in [5.74, 6) is 1.50. The van der Waals surface area contributed by atoms with Crippen LogP contribution in [0.1, 0.15) is 51.3 Å². The molecule has 5 nitrogen and oxygen atoms in total. The average Bonchev–Trinajstić information content (AvgIpc) is 3.08. The van der Waals surface area contributed by atoms with Gasteiger partial charge in [0.15, 0.2) is 0 Å². The maximum absolute atomic E-state index is 10.5. The predicted octanol–water partition coefficient (Wildman–Crippen LogP) is 5.73. The lowest BCUT2D eigenvalue weighted by molar-refractivity contribution is 0.0827. The summed E-state index contributed by atoms with van der Waals surface area (Å²) in [6.07, 6.45) is 2.64. The third-order valence-electron chi connectivity index (χ3n) is 5.52. The van der Waals surface area contributed by atoms with Crippen molar-refractivity contribution in [1.82, 2.24) is 14.7 Å². The molecule has 0 unspecified atom stereocenters. The van der Waals surface area contributed by atoms with Gasteiger partial charge in [-0.1, -0.05) is 56.2 Å². The molecular weight excluding hydrogens is 386 g/mol. The van der Waals surface area contributed by atoms with Crippen molar-refractivity contribution in [2.24, 2.45) is 0 Å². The predicted molar refractivity (Wildman–Crippen MR) is 126 cm³/mol.